The number of thiophene rings is 1. The number of fused-ring (bicyclic) bond motifs is 5. The van der Waals surface area contributed by atoms with E-state index in [4.69, 9.17) is 0 Å². The zero-order valence-corrected chi connectivity index (χ0v) is 14.2. The van der Waals surface area contributed by atoms with Crippen molar-refractivity contribution in [3.63, 3.8) is 0 Å². The monoisotopic (exact) mass is 329 g/mol. The van der Waals surface area contributed by atoms with Gasteiger partial charge in [-0.3, -0.25) is 0 Å². The summed E-state index contributed by atoms with van der Waals surface area (Å²) in [5, 5.41) is 23.5. The van der Waals surface area contributed by atoms with Crippen molar-refractivity contribution in [2.75, 3.05) is 0 Å². The molecule has 0 saturated heterocycles. The summed E-state index contributed by atoms with van der Waals surface area (Å²) < 4.78 is 0. The molecule has 0 saturated carbocycles. The number of hydrogen-bond acceptors (Lipinski definition) is 4. The molecule has 0 unspecified atom stereocenters. The lowest BCUT2D eigenvalue weighted by Gasteiger charge is -2.38. The molecule has 122 valence electrons. The molecule has 1 aliphatic heterocycles. The standard InChI is InChI=1S/C19H23NO2S/c1-2-3-4-12-8-14-18(23-12)10-20-15-6-5-11-7-16(21)17(22)9-13(11)19(14)15/h7-9,15,19-22H,2-6,10H2,1H3/t15-,19+/m0/s1. The minimum Gasteiger partial charge on any atom is -0.504 e. The van der Waals surface area contributed by atoms with Crippen LogP contribution in [-0.4, -0.2) is 16.3 Å². The van der Waals surface area contributed by atoms with Gasteiger partial charge in [-0.25, -0.2) is 0 Å². The summed E-state index contributed by atoms with van der Waals surface area (Å²) in [5.74, 6) is 0.304. The third-order valence-electron chi connectivity index (χ3n) is 5.23. The first-order valence-electron chi connectivity index (χ1n) is 8.57. The van der Waals surface area contributed by atoms with Crippen molar-refractivity contribution in [2.45, 2.75) is 57.5 Å². The summed E-state index contributed by atoms with van der Waals surface area (Å²) in [5.41, 5.74) is 3.80. The number of rotatable bonds is 3. The van der Waals surface area contributed by atoms with Crippen LogP contribution in [0.25, 0.3) is 0 Å². The Morgan fingerprint density at radius 3 is 2.83 bits per heavy atom. The SMILES string of the molecule is CCCCc1cc2c(s1)CN[C@H]1CCc3cc(O)c(O)cc3[C@H]21. The normalized spacial score (nSPS) is 22.3. The van der Waals surface area contributed by atoms with E-state index in [1.807, 2.05) is 11.3 Å². The number of aryl methyl sites for hydroxylation is 2. The second-order valence-electron chi connectivity index (χ2n) is 6.74. The molecule has 0 radical (unpaired) electrons. The van der Waals surface area contributed by atoms with Gasteiger partial charge in [-0.15, -0.1) is 11.3 Å². The maximum absolute atomic E-state index is 9.97. The molecule has 1 aliphatic carbocycles. The van der Waals surface area contributed by atoms with Gasteiger partial charge in [0.1, 0.15) is 0 Å². The lowest BCUT2D eigenvalue weighted by atomic mass is 9.74. The number of phenolic OH excluding ortho intramolecular Hbond substituents is 2. The molecular formula is C19H23NO2S. The molecule has 2 heterocycles. The van der Waals surface area contributed by atoms with Gasteiger partial charge in [0, 0.05) is 28.3 Å². The molecule has 2 atom stereocenters. The van der Waals surface area contributed by atoms with E-state index in [2.05, 4.69) is 18.3 Å². The molecular weight excluding hydrogens is 306 g/mol. The fraction of sp³-hybridized carbons (Fsp3) is 0.474. The molecule has 2 aromatic rings. The zero-order chi connectivity index (χ0) is 16.0. The smallest absolute Gasteiger partial charge is 0.157 e. The molecule has 4 rings (SSSR count). The predicted molar refractivity (Wildman–Crippen MR) is 93.5 cm³/mol. The van der Waals surface area contributed by atoms with E-state index in [0.29, 0.717) is 12.0 Å². The largest absolute Gasteiger partial charge is 0.504 e. The average molecular weight is 329 g/mol. The second-order valence-corrected chi connectivity index (χ2v) is 7.96. The number of unbranched alkanes of at least 4 members (excludes halogenated alkanes) is 1. The molecule has 4 heteroatoms. The summed E-state index contributed by atoms with van der Waals surface area (Å²) in [6, 6.07) is 6.36. The Hall–Kier alpha value is -1.52. The van der Waals surface area contributed by atoms with E-state index in [0.717, 1.165) is 19.4 Å². The Bertz CT molecular complexity index is 737. The van der Waals surface area contributed by atoms with Crippen molar-refractivity contribution in [3.05, 3.63) is 44.6 Å². The van der Waals surface area contributed by atoms with Crippen LogP contribution in [0.15, 0.2) is 18.2 Å². The first-order chi connectivity index (χ1) is 11.2. The van der Waals surface area contributed by atoms with Gasteiger partial charge in [-0.2, -0.15) is 0 Å². The minimum absolute atomic E-state index is 0.000135. The first-order valence-corrected chi connectivity index (χ1v) is 9.38. The summed E-state index contributed by atoms with van der Waals surface area (Å²) in [7, 11) is 0. The maximum atomic E-state index is 9.97. The highest BCUT2D eigenvalue weighted by atomic mass is 32.1. The van der Waals surface area contributed by atoms with Gasteiger partial charge < -0.3 is 15.5 Å². The van der Waals surface area contributed by atoms with E-state index < -0.39 is 0 Å². The topological polar surface area (TPSA) is 52.5 Å². The zero-order valence-electron chi connectivity index (χ0n) is 13.4. The highest BCUT2D eigenvalue weighted by molar-refractivity contribution is 7.12. The molecule has 0 amide bonds. The molecule has 1 aromatic heterocycles. The van der Waals surface area contributed by atoms with E-state index in [1.165, 1.54) is 45.7 Å². The van der Waals surface area contributed by atoms with Gasteiger partial charge in [-0.1, -0.05) is 13.3 Å². The van der Waals surface area contributed by atoms with Crippen molar-refractivity contribution in [3.8, 4) is 11.5 Å². The van der Waals surface area contributed by atoms with Crippen molar-refractivity contribution in [2.24, 2.45) is 0 Å². The van der Waals surface area contributed by atoms with Crippen LogP contribution in [0, 0.1) is 0 Å². The molecule has 3 N–H and O–H groups in total. The average Bonchev–Trinajstić information content (AvgIpc) is 2.96. The van der Waals surface area contributed by atoms with Gasteiger partial charge in [0.2, 0.25) is 0 Å². The lowest BCUT2D eigenvalue weighted by molar-refractivity contribution is 0.382. The van der Waals surface area contributed by atoms with Crippen LogP contribution in [0.3, 0.4) is 0 Å². The van der Waals surface area contributed by atoms with E-state index in [-0.39, 0.29) is 11.5 Å². The van der Waals surface area contributed by atoms with Crippen molar-refractivity contribution >= 4 is 11.3 Å². The van der Waals surface area contributed by atoms with E-state index >= 15 is 0 Å². The van der Waals surface area contributed by atoms with Gasteiger partial charge in [0.15, 0.2) is 11.5 Å². The third kappa shape index (κ3) is 2.54. The number of hydrogen-bond donors (Lipinski definition) is 3. The molecule has 23 heavy (non-hydrogen) atoms. The van der Waals surface area contributed by atoms with Gasteiger partial charge in [-0.05, 0) is 60.6 Å². The predicted octanol–water partition coefficient (Wildman–Crippen LogP) is 4.05. The summed E-state index contributed by atoms with van der Waals surface area (Å²) in [4.78, 5) is 2.92. The molecule has 1 aromatic carbocycles. The Kier molecular flexibility index (Phi) is 3.82. The molecule has 2 aliphatic rings. The molecule has 3 nitrogen and oxygen atoms in total. The third-order valence-corrected chi connectivity index (χ3v) is 6.44. The Morgan fingerprint density at radius 1 is 1.17 bits per heavy atom. The van der Waals surface area contributed by atoms with Crippen LogP contribution in [0.2, 0.25) is 0 Å². The molecule has 0 fully saturated rings. The minimum atomic E-state index is -0.00189. The first kappa shape index (κ1) is 15.0. The number of benzene rings is 1. The Morgan fingerprint density at radius 2 is 2.00 bits per heavy atom. The number of phenols is 2. The second kappa shape index (κ2) is 5.84. The fourth-order valence-corrected chi connectivity index (χ4v) is 5.25. The Labute approximate surface area is 141 Å². The quantitative estimate of drug-likeness (QED) is 0.745. The van der Waals surface area contributed by atoms with Gasteiger partial charge >= 0.3 is 0 Å². The van der Waals surface area contributed by atoms with Crippen molar-refractivity contribution in [1.82, 2.24) is 5.32 Å². The number of nitrogens with one attached hydrogen (secondary N) is 1. The lowest BCUT2D eigenvalue weighted by Crippen LogP contribution is -2.41. The number of aromatic hydroxyl groups is 2. The van der Waals surface area contributed by atoms with Crippen molar-refractivity contribution in [1.29, 1.82) is 0 Å². The van der Waals surface area contributed by atoms with Crippen LogP contribution in [-0.2, 0) is 19.4 Å². The summed E-state index contributed by atoms with van der Waals surface area (Å²) in [6.45, 7) is 3.20. The van der Waals surface area contributed by atoms with Gasteiger partial charge in [0.25, 0.3) is 0 Å². The van der Waals surface area contributed by atoms with Crippen LogP contribution in [0.1, 0.15) is 58.5 Å². The summed E-state index contributed by atoms with van der Waals surface area (Å²) >= 11 is 1.94. The van der Waals surface area contributed by atoms with Gasteiger partial charge in [0.05, 0.1) is 0 Å². The highest BCUT2D eigenvalue weighted by Gasteiger charge is 2.36. The van der Waals surface area contributed by atoms with Crippen LogP contribution < -0.4 is 5.32 Å². The Balaban J connectivity index is 1.77. The molecule has 0 spiro atoms. The maximum Gasteiger partial charge on any atom is 0.157 e. The fourth-order valence-electron chi connectivity index (χ4n) is 4.04. The van der Waals surface area contributed by atoms with Crippen molar-refractivity contribution < 1.29 is 10.2 Å². The van der Waals surface area contributed by atoms with Crippen LogP contribution in [0.5, 0.6) is 11.5 Å². The van der Waals surface area contributed by atoms with E-state index in [9.17, 15) is 10.2 Å². The summed E-state index contributed by atoms with van der Waals surface area (Å²) in [6.07, 6.45) is 5.68. The highest BCUT2D eigenvalue weighted by Crippen LogP contribution is 2.46. The van der Waals surface area contributed by atoms with E-state index in [1.54, 1.807) is 12.1 Å². The molecule has 0 bridgehead atoms. The van der Waals surface area contributed by atoms with Crippen LogP contribution in [0.4, 0.5) is 0 Å². The van der Waals surface area contributed by atoms with Crippen LogP contribution >= 0.6 is 11.3 Å².